The summed E-state index contributed by atoms with van der Waals surface area (Å²) in [6.45, 7) is 1.33. The number of benzene rings is 1. The van der Waals surface area contributed by atoms with Crippen LogP contribution >= 0.6 is 43.5 Å². The molecule has 0 bridgehead atoms. The summed E-state index contributed by atoms with van der Waals surface area (Å²) in [4.78, 5) is 13.7. The van der Waals surface area contributed by atoms with Crippen molar-refractivity contribution in [3.8, 4) is 0 Å². The van der Waals surface area contributed by atoms with E-state index < -0.39 is 0 Å². The third kappa shape index (κ3) is 2.79. The topological polar surface area (TPSA) is 20.3 Å². The second kappa shape index (κ2) is 5.07. The predicted octanol–water partition coefficient (Wildman–Crippen LogP) is 3.60. The summed E-state index contributed by atoms with van der Waals surface area (Å²) in [5.74, 6) is 0.179. The van der Waals surface area contributed by atoms with Gasteiger partial charge in [0.15, 0.2) is 0 Å². The lowest BCUT2D eigenvalue weighted by Crippen LogP contribution is -2.24. The highest BCUT2D eigenvalue weighted by Gasteiger charge is 2.27. The van der Waals surface area contributed by atoms with Crippen LogP contribution in [-0.2, 0) is 11.3 Å². The maximum absolute atomic E-state index is 11.6. The van der Waals surface area contributed by atoms with Crippen LogP contribution in [0.15, 0.2) is 22.7 Å². The molecule has 1 fully saturated rings. The van der Waals surface area contributed by atoms with Crippen LogP contribution in [0.25, 0.3) is 0 Å². The summed E-state index contributed by atoms with van der Waals surface area (Å²) in [7, 11) is 0. The van der Waals surface area contributed by atoms with Crippen molar-refractivity contribution in [2.75, 3.05) is 6.54 Å². The average molecular weight is 367 g/mol. The van der Waals surface area contributed by atoms with Crippen molar-refractivity contribution in [3.05, 3.63) is 33.3 Å². The van der Waals surface area contributed by atoms with E-state index in [1.165, 1.54) is 0 Å². The number of alkyl halides is 1. The quantitative estimate of drug-likeness (QED) is 0.732. The molecule has 16 heavy (non-hydrogen) atoms. The van der Waals surface area contributed by atoms with Gasteiger partial charge in [0.2, 0.25) is 5.91 Å². The monoisotopic (exact) mass is 365 g/mol. The van der Waals surface area contributed by atoms with Crippen molar-refractivity contribution in [1.82, 2.24) is 4.90 Å². The molecule has 0 radical (unpaired) electrons. The zero-order valence-corrected chi connectivity index (χ0v) is 12.3. The molecule has 0 aromatic heterocycles. The maximum Gasteiger partial charge on any atom is 0.224 e. The molecule has 0 aliphatic carbocycles. The first-order chi connectivity index (χ1) is 7.56. The fourth-order valence-electron chi connectivity index (χ4n) is 1.75. The van der Waals surface area contributed by atoms with Gasteiger partial charge in [-0.3, -0.25) is 4.79 Å². The minimum Gasteiger partial charge on any atom is -0.337 e. The third-order valence-corrected chi connectivity index (χ3v) is 4.01. The van der Waals surface area contributed by atoms with E-state index in [0.29, 0.717) is 18.0 Å². The number of hydrogen-bond donors (Lipinski definition) is 0. The van der Waals surface area contributed by atoms with Gasteiger partial charge in [-0.25, -0.2) is 0 Å². The predicted molar refractivity (Wildman–Crippen MR) is 71.9 cm³/mol. The summed E-state index contributed by atoms with van der Waals surface area (Å²) in [5.41, 5.74) is 0.978. The Morgan fingerprint density at radius 2 is 2.25 bits per heavy atom. The van der Waals surface area contributed by atoms with Crippen molar-refractivity contribution in [1.29, 1.82) is 0 Å². The van der Waals surface area contributed by atoms with Gasteiger partial charge < -0.3 is 4.90 Å². The van der Waals surface area contributed by atoms with Gasteiger partial charge in [-0.1, -0.05) is 43.5 Å². The molecule has 0 saturated carbocycles. The number of hydrogen-bond acceptors (Lipinski definition) is 1. The number of likely N-dealkylation sites (tertiary alicyclic amines) is 1. The largest absolute Gasteiger partial charge is 0.337 e. The van der Waals surface area contributed by atoms with Gasteiger partial charge in [-0.2, -0.15) is 0 Å². The molecule has 5 heteroatoms. The fraction of sp³-hybridized carbons (Fsp3) is 0.364. The molecule has 1 heterocycles. The number of amides is 1. The molecule has 1 atom stereocenters. The van der Waals surface area contributed by atoms with E-state index in [2.05, 4.69) is 31.9 Å². The molecule has 0 spiro atoms. The number of rotatable bonds is 2. The lowest BCUT2D eigenvalue weighted by atomic mass is 10.2. The molecule has 1 aromatic carbocycles. The van der Waals surface area contributed by atoms with Gasteiger partial charge in [0.05, 0.1) is 0 Å². The smallest absolute Gasteiger partial charge is 0.224 e. The molecule has 1 amide bonds. The zero-order chi connectivity index (χ0) is 11.7. The summed E-state index contributed by atoms with van der Waals surface area (Å²) in [6, 6.07) is 5.69. The number of carbonyl (C=O) groups is 1. The minimum atomic E-state index is 0.179. The van der Waals surface area contributed by atoms with Crippen molar-refractivity contribution in [3.63, 3.8) is 0 Å². The van der Waals surface area contributed by atoms with Crippen LogP contribution in [0.2, 0.25) is 5.02 Å². The first-order valence-electron chi connectivity index (χ1n) is 4.92. The zero-order valence-electron chi connectivity index (χ0n) is 8.42. The van der Waals surface area contributed by atoms with Crippen LogP contribution in [0.4, 0.5) is 0 Å². The third-order valence-electron chi connectivity index (χ3n) is 2.54. The molecular formula is C11H10Br2ClNO. The standard InChI is InChI=1S/C11H10Br2ClNO/c12-8-1-2-10(14)7(3-8)5-15-6-9(13)4-11(15)16/h1-3,9H,4-6H2. The van der Waals surface area contributed by atoms with Gasteiger partial charge in [-0.05, 0) is 23.8 Å². The normalized spacial score (nSPS) is 20.6. The van der Waals surface area contributed by atoms with E-state index >= 15 is 0 Å². The summed E-state index contributed by atoms with van der Waals surface area (Å²) in [6.07, 6.45) is 0.575. The second-order valence-corrected chi connectivity index (χ2v) is 6.43. The van der Waals surface area contributed by atoms with Crippen LogP contribution in [0, 0.1) is 0 Å². The highest BCUT2D eigenvalue weighted by atomic mass is 79.9. The van der Waals surface area contributed by atoms with E-state index in [-0.39, 0.29) is 10.7 Å². The Morgan fingerprint density at radius 1 is 1.50 bits per heavy atom. The molecule has 1 unspecified atom stereocenters. The van der Waals surface area contributed by atoms with Crippen LogP contribution in [0.1, 0.15) is 12.0 Å². The maximum atomic E-state index is 11.6. The molecule has 2 rings (SSSR count). The Kier molecular flexibility index (Phi) is 3.93. The van der Waals surface area contributed by atoms with E-state index in [9.17, 15) is 4.79 Å². The van der Waals surface area contributed by atoms with Crippen molar-refractivity contribution >= 4 is 49.4 Å². The van der Waals surface area contributed by atoms with Gasteiger partial charge >= 0.3 is 0 Å². The van der Waals surface area contributed by atoms with Crippen LogP contribution in [-0.4, -0.2) is 22.2 Å². The highest BCUT2D eigenvalue weighted by Crippen LogP contribution is 2.25. The number of halogens is 3. The first-order valence-corrected chi connectivity index (χ1v) is 7.00. The van der Waals surface area contributed by atoms with Crippen LogP contribution in [0.3, 0.4) is 0 Å². The summed E-state index contributed by atoms with van der Waals surface area (Å²) in [5, 5.41) is 0.703. The molecule has 2 nitrogen and oxygen atoms in total. The Bertz CT molecular complexity index is 424. The number of nitrogens with zero attached hydrogens (tertiary/aromatic N) is 1. The minimum absolute atomic E-state index is 0.179. The van der Waals surface area contributed by atoms with E-state index in [0.717, 1.165) is 16.6 Å². The summed E-state index contributed by atoms with van der Waals surface area (Å²) >= 11 is 13.0. The van der Waals surface area contributed by atoms with Crippen molar-refractivity contribution in [2.45, 2.75) is 17.8 Å². The van der Waals surface area contributed by atoms with Gasteiger partial charge in [-0.15, -0.1) is 0 Å². The Hall–Kier alpha value is -0.0600. The van der Waals surface area contributed by atoms with Gasteiger partial charge in [0.1, 0.15) is 0 Å². The van der Waals surface area contributed by atoms with E-state index in [1.54, 1.807) is 0 Å². The van der Waals surface area contributed by atoms with Crippen molar-refractivity contribution < 1.29 is 4.79 Å². The molecule has 1 saturated heterocycles. The fourth-order valence-corrected chi connectivity index (χ4v) is 2.96. The molecule has 0 N–H and O–H groups in total. The average Bonchev–Trinajstić information content (AvgIpc) is 2.51. The molecule has 1 aliphatic heterocycles. The Morgan fingerprint density at radius 3 is 2.88 bits per heavy atom. The van der Waals surface area contributed by atoms with E-state index in [4.69, 9.17) is 11.6 Å². The Labute approximate surface area is 116 Å². The first kappa shape index (κ1) is 12.4. The second-order valence-electron chi connectivity index (χ2n) is 3.81. The summed E-state index contributed by atoms with van der Waals surface area (Å²) < 4.78 is 0.980. The molecular weight excluding hydrogens is 357 g/mol. The van der Waals surface area contributed by atoms with Crippen LogP contribution in [0.5, 0.6) is 0 Å². The van der Waals surface area contributed by atoms with E-state index in [1.807, 2.05) is 23.1 Å². The molecule has 1 aromatic rings. The Balaban J connectivity index is 2.15. The van der Waals surface area contributed by atoms with Crippen LogP contribution < -0.4 is 0 Å². The molecule has 1 aliphatic rings. The lowest BCUT2D eigenvalue weighted by Gasteiger charge is -2.16. The SMILES string of the molecule is O=C1CC(Br)CN1Cc1cc(Br)ccc1Cl. The number of carbonyl (C=O) groups excluding carboxylic acids is 1. The lowest BCUT2D eigenvalue weighted by molar-refractivity contribution is -0.128. The molecule has 86 valence electrons. The van der Waals surface area contributed by atoms with Crippen molar-refractivity contribution in [2.24, 2.45) is 0 Å². The van der Waals surface area contributed by atoms with Gasteiger partial charge in [0.25, 0.3) is 0 Å². The van der Waals surface area contributed by atoms with Gasteiger partial charge in [0, 0.05) is 33.8 Å². The highest BCUT2D eigenvalue weighted by molar-refractivity contribution is 9.10.